The molecule has 1 amide bonds. The van der Waals surface area contributed by atoms with Crippen molar-refractivity contribution in [2.24, 2.45) is 7.05 Å². The van der Waals surface area contributed by atoms with Crippen molar-refractivity contribution in [3.63, 3.8) is 0 Å². The van der Waals surface area contributed by atoms with Crippen LogP contribution in [0.4, 0.5) is 27.8 Å². The number of hydrogen-bond donors (Lipinski definition) is 2. The molecule has 2 fully saturated rings. The fourth-order valence-electron chi connectivity index (χ4n) is 7.07. The third-order valence-corrected chi connectivity index (χ3v) is 14.0. The van der Waals surface area contributed by atoms with Crippen LogP contribution >= 0.6 is 11.6 Å². The van der Waals surface area contributed by atoms with Crippen LogP contribution in [0.25, 0.3) is 22.0 Å². The Kier molecular flexibility index (Phi) is 11.3. The van der Waals surface area contributed by atoms with Crippen molar-refractivity contribution in [2.45, 2.75) is 87.1 Å². The summed E-state index contributed by atoms with van der Waals surface area (Å²) >= 11 is 6.62. The summed E-state index contributed by atoms with van der Waals surface area (Å²) in [4.78, 5) is 18.7. The van der Waals surface area contributed by atoms with E-state index in [9.17, 15) is 43.6 Å². The van der Waals surface area contributed by atoms with Crippen molar-refractivity contribution in [2.75, 3.05) is 11.0 Å². The van der Waals surface area contributed by atoms with E-state index < -0.39 is 65.3 Å². The number of anilines is 1. The van der Waals surface area contributed by atoms with Crippen molar-refractivity contribution < 1.29 is 43.6 Å². The number of alkyl halides is 3. The van der Waals surface area contributed by atoms with Gasteiger partial charge in [0.1, 0.15) is 22.1 Å². The molecule has 318 valence electrons. The van der Waals surface area contributed by atoms with Gasteiger partial charge in [-0.3, -0.25) is 18.9 Å². The van der Waals surface area contributed by atoms with Crippen molar-refractivity contribution >= 4 is 54.1 Å². The summed E-state index contributed by atoms with van der Waals surface area (Å²) in [7, 11) is -5.91. The fraction of sp³-hybridized carbons (Fsp3) is 0.400. The van der Waals surface area contributed by atoms with E-state index in [0.29, 0.717) is 54.1 Å². The Morgan fingerprint density at radius 2 is 1.63 bits per heavy atom. The van der Waals surface area contributed by atoms with E-state index in [1.54, 1.807) is 19.2 Å². The third kappa shape index (κ3) is 9.30. The lowest BCUT2D eigenvalue weighted by Gasteiger charge is -2.23. The standard InChI is InChI=1S/C40H39ClF5N7O5S2/c1-39(2,60(57,58)27-8-9-27)15-13-26-7-10-28(29-11-12-30(41)35-37(29)52(3)50-38(35)51-59(4,55)56)36(47-26)31(19-22-17-24(42)20-25(43)18-22)48-34(54)14-16-53-32(23-5-6-23)21-33(49-53)40(44,45)46/h7,10-12,17-18,20-21,23,27,31H,5-6,8-9,14,16,19H2,1-4H3,(H,48,54)(H,50,51)/t31-/m0/s1. The molecule has 0 saturated heterocycles. The third-order valence-electron chi connectivity index (χ3n) is 10.3. The highest BCUT2D eigenvalue weighted by atomic mass is 35.5. The van der Waals surface area contributed by atoms with E-state index in [2.05, 4.69) is 32.1 Å². The van der Waals surface area contributed by atoms with Crippen LogP contribution in [-0.2, 0) is 50.8 Å². The van der Waals surface area contributed by atoms with E-state index in [4.69, 9.17) is 16.6 Å². The molecular weight excluding hydrogens is 853 g/mol. The van der Waals surface area contributed by atoms with Gasteiger partial charge in [-0.1, -0.05) is 23.6 Å². The first-order valence-electron chi connectivity index (χ1n) is 18.8. The molecule has 3 heterocycles. The number of hydrogen-bond acceptors (Lipinski definition) is 8. The summed E-state index contributed by atoms with van der Waals surface area (Å²) in [5.74, 6) is 3.05. The van der Waals surface area contributed by atoms with Crippen LogP contribution in [0.5, 0.6) is 0 Å². The van der Waals surface area contributed by atoms with Crippen LogP contribution in [0.1, 0.15) is 86.3 Å². The van der Waals surface area contributed by atoms with Crippen LogP contribution < -0.4 is 10.0 Å². The number of benzene rings is 2. The number of carbonyl (C=O) groups excluding carboxylic acids is 1. The van der Waals surface area contributed by atoms with E-state index >= 15 is 0 Å². The Labute approximate surface area is 347 Å². The molecule has 2 N–H and O–H groups in total. The summed E-state index contributed by atoms with van der Waals surface area (Å²) in [6.07, 6.45) is -1.93. The van der Waals surface area contributed by atoms with Crippen molar-refractivity contribution in [3.05, 3.63) is 93.5 Å². The number of rotatable bonds is 13. The molecule has 60 heavy (non-hydrogen) atoms. The number of nitrogens with one attached hydrogen (secondary N) is 2. The quantitative estimate of drug-likeness (QED) is 0.0927. The van der Waals surface area contributed by atoms with E-state index in [0.717, 1.165) is 24.5 Å². The lowest BCUT2D eigenvalue weighted by atomic mass is 9.93. The van der Waals surface area contributed by atoms with Crippen LogP contribution in [0.2, 0.25) is 5.02 Å². The lowest BCUT2D eigenvalue weighted by molar-refractivity contribution is -0.141. The number of fused-ring (bicyclic) bond motifs is 1. The highest BCUT2D eigenvalue weighted by molar-refractivity contribution is 7.93. The minimum Gasteiger partial charge on any atom is -0.347 e. The molecule has 2 aliphatic rings. The predicted octanol–water partition coefficient (Wildman–Crippen LogP) is 7.23. The number of halogens is 6. The van der Waals surface area contributed by atoms with Crippen LogP contribution in [0.15, 0.2) is 48.5 Å². The van der Waals surface area contributed by atoms with Crippen molar-refractivity contribution in [1.82, 2.24) is 29.9 Å². The average Bonchev–Trinajstić information content (AvgIpc) is 4.08. The van der Waals surface area contributed by atoms with Gasteiger partial charge in [0, 0.05) is 48.8 Å². The van der Waals surface area contributed by atoms with Gasteiger partial charge in [-0.25, -0.2) is 30.6 Å². The zero-order valence-electron chi connectivity index (χ0n) is 32.7. The first kappa shape index (κ1) is 43.0. The first-order chi connectivity index (χ1) is 28.0. The molecule has 1 atom stereocenters. The normalized spacial score (nSPS) is 15.4. The molecule has 0 unspecified atom stereocenters. The van der Waals surface area contributed by atoms with Crippen LogP contribution in [0.3, 0.4) is 0 Å². The number of nitrogens with zero attached hydrogens (tertiary/aromatic N) is 5. The SMILES string of the molecule is Cn1nc(NS(C)(=O)=O)c2c(Cl)ccc(-c3ccc(C#CC(C)(C)S(=O)(=O)C4CC4)nc3[C@H](Cc3cc(F)cc(F)c3)NC(=O)CCn3nc(C(F)(F)F)cc3C3CC3)c21. The van der Waals surface area contributed by atoms with Crippen LogP contribution in [-0.4, -0.2) is 63.5 Å². The Balaban J connectivity index is 1.36. The summed E-state index contributed by atoms with van der Waals surface area (Å²) in [6.45, 7) is 2.77. The Morgan fingerprint density at radius 3 is 2.25 bits per heavy atom. The van der Waals surface area contributed by atoms with Crippen LogP contribution in [0, 0.1) is 23.5 Å². The molecule has 2 saturated carbocycles. The number of sulfone groups is 1. The highest BCUT2D eigenvalue weighted by Gasteiger charge is 2.45. The summed E-state index contributed by atoms with van der Waals surface area (Å²) in [5, 5.41) is 10.8. The van der Waals surface area contributed by atoms with Gasteiger partial charge in [-0.15, -0.1) is 0 Å². The second kappa shape index (κ2) is 15.8. The van der Waals surface area contributed by atoms with Gasteiger partial charge in [0.2, 0.25) is 15.9 Å². The summed E-state index contributed by atoms with van der Waals surface area (Å²) in [6, 6.07) is 8.86. The maximum atomic E-state index is 14.6. The molecule has 2 aromatic carbocycles. The van der Waals surface area contributed by atoms with E-state index in [1.807, 2.05) is 0 Å². The molecular formula is C40H39ClF5N7O5S2. The number of aryl methyl sites for hydroxylation is 2. The minimum atomic E-state index is -4.70. The maximum Gasteiger partial charge on any atom is 0.435 e. The molecule has 0 aliphatic heterocycles. The molecule has 0 radical (unpaired) electrons. The predicted molar refractivity (Wildman–Crippen MR) is 215 cm³/mol. The molecule has 12 nitrogen and oxygen atoms in total. The number of sulfonamides is 1. The van der Waals surface area contributed by atoms with Gasteiger partial charge in [0.25, 0.3) is 0 Å². The average molecular weight is 892 g/mol. The van der Waals surface area contributed by atoms with Gasteiger partial charge in [-0.05, 0) is 93.8 Å². The zero-order chi connectivity index (χ0) is 43.5. The van der Waals surface area contributed by atoms with Gasteiger partial charge in [0.15, 0.2) is 21.3 Å². The number of amides is 1. The second-order valence-corrected chi connectivity index (χ2v) is 20.5. The Morgan fingerprint density at radius 1 is 0.967 bits per heavy atom. The molecule has 5 aromatic rings. The molecule has 20 heteroatoms. The maximum absolute atomic E-state index is 14.6. The van der Waals surface area contributed by atoms with Gasteiger partial charge in [-0.2, -0.15) is 23.4 Å². The zero-order valence-corrected chi connectivity index (χ0v) is 35.1. The van der Waals surface area contributed by atoms with Gasteiger partial charge >= 0.3 is 6.18 Å². The molecule has 0 bridgehead atoms. The molecule has 3 aromatic heterocycles. The highest BCUT2D eigenvalue weighted by Crippen LogP contribution is 2.43. The molecule has 2 aliphatic carbocycles. The largest absolute Gasteiger partial charge is 0.435 e. The van der Waals surface area contributed by atoms with Crippen molar-refractivity contribution in [1.29, 1.82) is 0 Å². The van der Waals surface area contributed by atoms with E-state index in [-0.39, 0.29) is 58.5 Å². The van der Waals surface area contributed by atoms with E-state index in [1.165, 1.54) is 35.3 Å². The smallest absolute Gasteiger partial charge is 0.347 e. The number of pyridine rings is 1. The number of aromatic nitrogens is 5. The molecule has 7 rings (SSSR count). The topological polar surface area (TPSA) is 158 Å². The summed E-state index contributed by atoms with van der Waals surface area (Å²) in [5.41, 5.74) is 0.616. The Hall–Kier alpha value is -5.06. The monoisotopic (exact) mass is 891 g/mol. The fourth-order valence-corrected chi connectivity index (χ4v) is 9.59. The Bertz CT molecular complexity index is 2800. The van der Waals surface area contributed by atoms with Gasteiger partial charge in [0.05, 0.1) is 39.2 Å². The minimum absolute atomic E-state index is 0.0732. The first-order valence-corrected chi connectivity index (χ1v) is 22.6. The summed E-state index contributed by atoms with van der Waals surface area (Å²) < 4.78 is 125. The number of carbonyl (C=O) groups is 1. The van der Waals surface area contributed by atoms with Gasteiger partial charge < -0.3 is 5.32 Å². The molecule has 0 spiro atoms. The lowest BCUT2D eigenvalue weighted by Crippen LogP contribution is -2.33. The second-order valence-electron chi connectivity index (χ2n) is 15.6. The van der Waals surface area contributed by atoms with Crippen molar-refractivity contribution in [3.8, 4) is 23.0 Å².